The Bertz CT molecular complexity index is 815. The van der Waals surface area contributed by atoms with E-state index in [0.29, 0.717) is 17.8 Å². The number of nitrogens with zero attached hydrogens (tertiary/aromatic N) is 3. The molecule has 1 unspecified atom stereocenters. The maximum absolute atomic E-state index is 12.5. The smallest absolute Gasteiger partial charge is 0.410 e. The second-order valence-electron chi connectivity index (χ2n) is 7.35. The Morgan fingerprint density at radius 2 is 2.12 bits per heavy atom. The molecule has 1 aliphatic heterocycles. The zero-order chi connectivity index (χ0) is 17.5. The SMILES string of the molecule is Cc1cn2nc(C3CCCCN3C(=O)OC(C)(C)C)cc2[nH]c1=O. The fourth-order valence-electron chi connectivity index (χ4n) is 3.00. The van der Waals surface area contributed by atoms with Crippen LogP contribution in [0.2, 0.25) is 0 Å². The molecular formula is C17H24N4O3. The van der Waals surface area contributed by atoms with Gasteiger partial charge in [0.05, 0.1) is 11.7 Å². The number of piperidine rings is 1. The van der Waals surface area contributed by atoms with E-state index in [9.17, 15) is 9.59 Å². The van der Waals surface area contributed by atoms with Crippen LogP contribution in [0.1, 0.15) is 57.3 Å². The van der Waals surface area contributed by atoms with Crippen LogP contribution in [-0.2, 0) is 4.74 Å². The van der Waals surface area contributed by atoms with Crippen molar-refractivity contribution in [3.63, 3.8) is 0 Å². The molecule has 1 fully saturated rings. The minimum Gasteiger partial charge on any atom is -0.444 e. The number of likely N-dealkylation sites (tertiary alicyclic amines) is 1. The van der Waals surface area contributed by atoms with Gasteiger partial charge in [-0.15, -0.1) is 0 Å². The van der Waals surface area contributed by atoms with E-state index in [1.165, 1.54) is 0 Å². The molecule has 130 valence electrons. The maximum Gasteiger partial charge on any atom is 0.410 e. The molecule has 0 aromatic carbocycles. The number of aryl methyl sites for hydroxylation is 1. The molecule has 3 heterocycles. The van der Waals surface area contributed by atoms with Gasteiger partial charge in [-0.3, -0.25) is 9.69 Å². The Kier molecular flexibility index (Phi) is 4.11. The van der Waals surface area contributed by atoms with Crippen LogP contribution in [-0.4, -0.2) is 37.7 Å². The van der Waals surface area contributed by atoms with Gasteiger partial charge < -0.3 is 9.72 Å². The Labute approximate surface area is 140 Å². The van der Waals surface area contributed by atoms with Crippen LogP contribution in [0.25, 0.3) is 5.65 Å². The Morgan fingerprint density at radius 3 is 2.83 bits per heavy atom. The van der Waals surface area contributed by atoms with Crippen LogP contribution in [0.3, 0.4) is 0 Å². The number of H-pyrrole nitrogens is 1. The lowest BCUT2D eigenvalue weighted by Gasteiger charge is -2.35. The zero-order valence-electron chi connectivity index (χ0n) is 14.6. The van der Waals surface area contributed by atoms with Crippen molar-refractivity contribution in [3.05, 3.63) is 33.9 Å². The number of nitrogens with one attached hydrogen (secondary N) is 1. The van der Waals surface area contributed by atoms with Crippen molar-refractivity contribution < 1.29 is 9.53 Å². The number of hydrogen-bond donors (Lipinski definition) is 1. The molecule has 3 rings (SSSR count). The van der Waals surface area contributed by atoms with Gasteiger partial charge in [0.2, 0.25) is 0 Å². The van der Waals surface area contributed by atoms with Crippen LogP contribution >= 0.6 is 0 Å². The number of fused-ring (bicyclic) bond motifs is 1. The van der Waals surface area contributed by atoms with E-state index in [0.717, 1.165) is 25.0 Å². The lowest BCUT2D eigenvalue weighted by molar-refractivity contribution is 0.00898. The number of carbonyl (C=O) groups excluding carboxylic acids is 1. The van der Waals surface area contributed by atoms with Crippen molar-refractivity contribution >= 4 is 11.7 Å². The van der Waals surface area contributed by atoms with Crippen LogP contribution in [0.15, 0.2) is 17.1 Å². The normalized spacial score (nSPS) is 18.8. The second-order valence-corrected chi connectivity index (χ2v) is 7.35. The average Bonchev–Trinajstić information content (AvgIpc) is 2.88. The molecule has 2 aromatic rings. The van der Waals surface area contributed by atoms with Crippen molar-refractivity contribution in [1.29, 1.82) is 0 Å². The van der Waals surface area contributed by atoms with E-state index < -0.39 is 5.60 Å². The van der Waals surface area contributed by atoms with Crippen molar-refractivity contribution in [1.82, 2.24) is 19.5 Å². The molecule has 1 amide bonds. The monoisotopic (exact) mass is 332 g/mol. The predicted molar refractivity (Wildman–Crippen MR) is 90.1 cm³/mol. The summed E-state index contributed by atoms with van der Waals surface area (Å²) in [7, 11) is 0. The summed E-state index contributed by atoms with van der Waals surface area (Å²) in [5.41, 5.74) is 1.36. The Balaban J connectivity index is 1.93. The second kappa shape index (κ2) is 5.96. The van der Waals surface area contributed by atoms with E-state index in [-0.39, 0.29) is 17.7 Å². The summed E-state index contributed by atoms with van der Waals surface area (Å²) in [4.78, 5) is 28.9. The molecule has 0 aliphatic carbocycles. The highest BCUT2D eigenvalue weighted by Crippen LogP contribution is 2.31. The van der Waals surface area contributed by atoms with Crippen molar-refractivity contribution in [2.75, 3.05) is 6.54 Å². The summed E-state index contributed by atoms with van der Waals surface area (Å²) in [5, 5.41) is 4.56. The highest BCUT2D eigenvalue weighted by Gasteiger charge is 2.33. The molecule has 1 aliphatic rings. The van der Waals surface area contributed by atoms with Gasteiger partial charge in [-0.05, 0) is 47.0 Å². The topological polar surface area (TPSA) is 79.7 Å². The van der Waals surface area contributed by atoms with Gasteiger partial charge >= 0.3 is 6.09 Å². The molecule has 1 saturated heterocycles. The van der Waals surface area contributed by atoms with Gasteiger partial charge in [-0.25, -0.2) is 9.31 Å². The molecule has 7 nitrogen and oxygen atoms in total. The zero-order valence-corrected chi connectivity index (χ0v) is 14.6. The van der Waals surface area contributed by atoms with Crippen molar-refractivity contribution in [3.8, 4) is 0 Å². The lowest BCUT2D eigenvalue weighted by Crippen LogP contribution is -2.42. The first-order chi connectivity index (χ1) is 11.2. The highest BCUT2D eigenvalue weighted by molar-refractivity contribution is 5.69. The molecule has 0 bridgehead atoms. The quantitative estimate of drug-likeness (QED) is 0.871. The Hall–Kier alpha value is -2.31. The fraction of sp³-hybridized carbons (Fsp3) is 0.588. The van der Waals surface area contributed by atoms with Crippen molar-refractivity contribution in [2.24, 2.45) is 0 Å². The van der Waals surface area contributed by atoms with Crippen LogP contribution < -0.4 is 5.56 Å². The first kappa shape index (κ1) is 16.5. The van der Waals surface area contributed by atoms with E-state index >= 15 is 0 Å². The van der Waals surface area contributed by atoms with Gasteiger partial charge in [0.15, 0.2) is 0 Å². The van der Waals surface area contributed by atoms with E-state index in [4.69, 9.17) is 4.74 Å². The van der Waals surface area contributed by atoms with E-state index in [2.05, 4.69) is 10.1 Å². The van der Waals surface area contributed by atoms with Crippen LogP contribution in [0.4, 0.5) is 4.79 Å². The minimum absolute atomic E-state index is 0.124. The average molecular weight is 332 g/mol. The molecule has 2 aromatic heterocycles. The third-order valence-corrected chi connectivity index (χ3v) is 4.14. The van der Waals surface area contributed by atoms with Crippen LogP contribution in [0, 0.1) is 6.92 Å². The maximum atomic E-state index is 12.5. The third kappa shape index (κ3) is 3.29. The van der Waals surface area contributed by atoms with Gasteiger partial charge in [-0.1, -0.05) is 0 Å². The first-order valence-corrected chi connectivity index (χ1v) is 8.33. The largest absolute Gasteiger partial charge is 0.444 e. The molecule has 7 heteroatoms. The Morgan fingerprint density at radius 1 is 1.38 bits per heavy atom. The van der Waals surface area contributed by atoms with Gasteiger partial charge in [-0.2, -0.15) is 5.10 Å². The first-order valence-electron chi connectivity index (χ1n) is 8.33. The summed E-state index contributed by atoms with van der Waals surface area (Å²) >= 11 is 0. The fourth-order valence-corrected chi connectivity index (χ4v) is 3.00. The third-order valence-electron chi connectivity index (χ3n) is 4.14. The molecular weight excluding hydrogens is 308 g/mol. The predicted octanol–water partition coefficient (Wildman–Crippen LogP) is 2.79. The summed E-state index contributed by atoms with van der Waals surface area (Å²) in [6.45, 7) is 7.99. The molecule has 1 N–H and O–H groups in total. The molecule has 0 spiro atoms. The number of aromatic nitrogens is 3. The summed E-state index contributed by atoms with van der Waals surface area (Å²) < 4.78 is 7.20. The van der Waals surface area contributed by atoms with Crippen LogP contribution in [0.5, 0.6) is 0 Å². The number of ether oxygens (including phenoxy) is 1. The number of carbonyl (C=O) groups is 1. The minimum atomic E-state index is -0.527. The summed E-state index contributed by atoms with van der Waals surface area (Å²) in [6, 6.07) is 1.71. The molecule has 1 atom stereocenters. The number of aromatic amines is 1. The summed E-state index contributed by atoms with van der Waals surface area (Å²) in [6.07, 6.45) is 4.23. The standard InChI is InChI=1S/C17H24N4O3/c1-11-10-21-14(18-15(11)22)9-12(19-21)13-7-5-6-8-20(13)16(23)24-17(2,3)4/h9-10,13H,5-8H2,1-4H3,(H,18,22). The van der Waals surface area contributed by atoms with Gasteiger partial charge in [0.25, 0.3) is 5.56 Å². The molecule has 0 saturated carbocycles. The number of rotatable bonds is 1. The van der Waals surface area contributed by atoms with Crippen molar-refractivity contribution in [2.45, 2.75) is 58.6 Å². The summed E-state index contributed by atoms with van der Waals surface area (Å²) in [5.74, 6) is 0. The number of hydrogen-bond acceptors (Lipinski definition) is 4. The van der Waals surface area contributed by atoms with Gasteiger partial charge in [0, 0.05) is 24.4 Å². The number of amides is 1. The molecule has 0 radical (unpaired) electrons. The van der Waals surface area contributed by atoms with Gasteiger partial charge in [0.1, 0.15) is 11.2 Å². The van der Waals surface area contributed by atoms with E-state index in [1.54, 1.807) is 22.5 Å². The lowest BCUT2D eigenvalue weighted by atomic mass is 10.00. The van der Waals surface area contributed by atoms with E-state index in [1.807, 2.05) is 26.8 Å². The highest BCUT2D eigenvalue weighted by atomic mass is 16.6. The molecule has 24 heavy (non-hydrogen) atoms.